The van der Waals surface area contributed by atoms with Crippen molar-refractivity contribution in [3.8, 4) is 22.5 Å². The van der Waals surface area contributed by atoms with Crippen LogP contribution in [0.1, 0.15) is 24.8 Å². The molecule has 2 heterocycles. The second-order valence-electron chi connectivity index (χ2n) is 8.40. The van der Waals surface area contributed by atoms with Gasteiger partial charge < -0.3 is 15.9 Å². The van der Waals surface area contributed by atoms with Crippen molar-refractivity contribution in [1.29, 1.82) is 0 Å². The summed E-state index contributed by atoms with van der Waals surface area (Å²) >= 11 is 1.26. The Bertz CT molecular complexity index is 1400. The molecule has 1 aliphatic carbocycles. The Balaban J connectivity index is 1.76. The highest BCUT2D eigenvalue weighted by Gasteiger charge is 2.34. The fraction of sp³-hybridized carbons (Fsp3) is 0.240. The van der Waals surface area contributed by atoms with Crippen LogP contribution in [0, 0.1) is 0 Å². The molecule has 2 aromatic carbocycles. The Hall–Kier alpha value is -3.36. The molecule has 0 atom stereocenters. The predicted octanol–water partition coefficient (Wildman–Crippen LogP) is 3.87. The Labute approximate surface area is 194 Å². The fourth-order valence-electron chi connectivity index (χ4n) is 4.40. The van der Waals surface area contributed by atoms with Gasteiger partial charge in [-0.2, -0.15) is 4.98 Å². The van der Waals surface area contributed by atoms with Crippen LogP contribution in [-0.2, 0) is 16.9 Å². The molecule has 8 heteroatoms. The first-order chi connectivity index (χ1) is 15.9. The molecule has 5 rings (SSSR count). The largest absolute Gasteiger partial charge is 0.437 e. The van der Waals surface area contributed by atoms with Crippen molar-refractivity contribution in [2.24, 2.45) is 11.5 Å². The minimum absolute atomic E-state index is 0.234. The van der Waals surface area contributed by atoms with Crippen molar-refractivity contribution < 1.29 is 9.21 Å². The number of carbonyl (C=O) groups is 1. The summed E-state index contributed by atoms with van der Waals surface area (Å²) in [5, 5.41) is 0.699. The molecule has 0 radical (unpaired) electrons. The number of nitrogens with two attached hydrogens (primary N) is 2. The summed E-state index contributed by atoms with van der Waals surface area (Å²) in [7, 11) is 0. The SMILES string of the molecule is CSc1nc2oc(-c3ccc(C4(N)CCC4)cc3)c(-c3ccccc3)c2c(=O)n1CC(N)=O. The summed E-state index contributed by atoms with van der Waals surface area (Å²) in [5.41, 5.74) is 14.9. The van der Waals surface area contributed by atoms with Gasteiger partial charge >= 0.3 is 0 Å². The number of primary amides is 1. The zero-order valence-electron chi connectivity index (χ0n) is 18.2. The highest BCUT2D eigenvalue weighted by Crippen LogP contribution is 2.42. The highest BCUT2D eigenvalue weighted by molar-refractivity contribution is 7.98. The van der Waals surface area contributed by atoms with Gasteiger partial charge in [-0.05, 0) is 36.6 Å². The number of hydrogen-bond acceptors (Lipinski definition) is 6. The van der Waals surface area contributed by atoms with Gasteiger partial charge in [-0.1, -0.05) is 66.4 Å². The third kappa shape index (κ3) is 3.65. The quantitative estimate of drug-likeness (QED) is 0.333. The minimum Gasteiger partial charge on any atom is -0.437 e. The van der Waals surface area contributed by atoms with Gasteiger partial charge in [0.1, 0.15) is 17.7 Å². The van der Waals surface area contributed by atoms with Crippen molar-refractivity contribution in [1.82, 2.24) is 9.55 Å². The van der Waals surface area contributed by atoms with Gasteiger partial charge in [0.2, 0.25) is 11.6 Å². The third-order valence-electron chi connectivity index (χ3n) is 6.30. The van der Waals surface area contributed by atoms with Crippen LogP contribution in [0.25, 0.3) is 33.6 Å². The van der Waals surface area contributed by atoms with Gasteiger partial charge in [-0.3, -0.25) is 14.2 Å². The number of aromatic nitrogens is 2. The number of fused-ring (bicyclic) bond motifs is 1. The molecular formula is C25H24N4O3S. The molecule has 0 aliphatic heterocycles. The van der Waals surface area contributed by atoms with Crippen molar-refractivity contribution in [2.45, 2.75) is 36.5 Å². The minimum atomic E-state index is -0.610. The zero-order chi connectivity index (χ0) is 23.2. The summed E-state index contributed by atoms with van der Waals surface area (Å²) < 4.78 is 7.51. The summed E-state index contributed by atoms with van der Waals surface area (Å²) in [4.78, 5) is 29.7. The number of thioether (sulfide) groups is 1. The summed E-state index contributed by atoms with van der Waals surface area (Å²) in [6, 6.07) is 17.6. The van der Waals surface area contributed by atoms with Crippen LogP contribution < -0.4 is 17.0 Å². The van der Waals surface area contributed by atoms with E-state index < -0.39 is 5.91 Å². The molecule has 1 fully saturated rings. The van der Waals surface area contributed by atoms with Crippen molar-refractivity contribution in [2.75, 3.05) is 6.26 Å². The molecule has 0 spiro atoms. The number of hydrogen-bond donors (Lipinski definition) is 2. The molecule has 4 aromatic rings. The number of benzene rings is 2. The maximum Gasteiger partial charge on any atom is 0.266 e. The number of rotatable bonds is 6. The second-order valence-corrected chi connectivity index (χ2v) is 9.17. The molecule has 0 saturated heterocycles. The number of amides is 1. The smallest absolute Gasteiger partial charge is 0.266 e. The number of nitrogens with zero attached hydrogens (tertiary/aromatic N) is 2. The highest BCUT2D eigenvalue weighted by atomic mass is 32.2. The first-order valence-corrected chi connectivity index (χ1v) is 12.0. The molecule has 0 bridgehead atoms. The average molecular weight is 461 g/mol. The maximum absolute atomic E-state index is 13.5. The van der Waals surface area contributed by atoms with Crippen molar-refractivity contribution in [3.63, 3.8) is 0 Å². The van der Waals surface area contributed by atoms with Crippen molar-refractivity contribution in [3.05, 3.63) is 70.5 Å². The van der Waals surface area contributed by atoms with Gasteiger partial charge in [0, 0.05) is 16.7 Å². The van der Waals surface area contributed by atoms with E-state index >= 15 is 0 Å². The van der Waals surface area contributed by atoms with Gasteiger partial charge in [-0.25, -0.2) is 0 Å². The Morgan fingerprint density at radius 3 is 2.39 bits per heavy atom. The van der Waals surface area contributed by atoms with Crippen LogP contribution in [0.4, 0.5) is 0 Å². The summed E-state index contributed by atoms with van der Waals surface area (Å²) in [5.74, 6) is -0.0586. The lowest BCUT2D eigenvalue weighted by Gasteiger charge is -2.38. The molecule has 33 heavy (non-hydrogen) atoms. The van der Waals surface area contributed by atoms with E-state index in [0.717, 1.165) is 36.0 Å². The monoisotopic (exact) mass is 460 g/mol. The molecule has 1 amide bonds. The predicted molar refractivity (Wildman–Crippen MR) is 130 cm³/mol. The van der Waals surface area contributed by atoms with Crippen LogP contribution in [0.5, 0.6) is 0 Å². The lowest BCUT2D eigenvalue weighted by Crippen LogP contribution is -2.43. The van der Waals surface area contributed by atoms with Crippen LogP contribution >= 0.6 is 11.8 Å². The van der Waals surface area contributed by atoms with E-state index in [1.54, 1.807) is 6.26 Å². The maximum atomic E-state index is 13.5. The molecule has 4 N–H and O–H groups in total. The zero-order valence-corrected chi connectivity index (χ0v) is 19.0. The number of carbonyl (C=O) groups excluding carboxylic acids is 1. The van der Waals surface area contributed by atoms with Crippen LogP contribution in [0.2, 0.25) is 0 Å². The lowest BCUT2D eigenvalue weighted by molar-refractivity contribution is -0.118. The standard InChI is InChI=1S/C25H24N4O3S/c1-33-24-28-22-20(23(31)29(24)14-18(26)30)19(15-6-3-2-4-7-15)21(32-22)16-8-10-17(11-9-16)25(27)12-5-13-25/h2-4,6-11H,5,12-14,27H2,1H3,(H2,26,30). The van der Waals surface area contributed by atoms with Crippen LogP contribution in [0.3, 0.4) is 0 Å². The molecule has 7 nitrogen and oxygen atoms in total. The van der Waals surface area contributed by atoms with Crippen molar-refractivity contribution >= 4 is 28.8 Å². The molecule has 2 aromatic heterocycles. The molecular weight excluding hydrogens is 436 g/mol. The first-order valence-electron chi connectivity index (χ1n) is 10.8. The van der Waals surface area contributed by atoms with Gasteiger partial charge in [-0.15, -0.1) is 0 Å². The Morgan fingerprint density at radius 2 is 1.82 bits per heavy atom. The number of furan rings is 1. The Morgan fingerprint density at radius 1 is 1.12 bits per heavy atom. The van der Waals surface area contributed by atoms with E-state index in [-0.39, 0.29) is 23.4 Å². The van der Waals surface area contributed by atoms with E-state index in [1.165, 1.54) is 16.3 Å². The van der Waals surface area contributed by atoms with E-state index in [4.69, 9.17) is 15.9 Å². The molecule has 1 aliphatic rings. The Kier molecular flexibility index (Phi) is 5.34. The second kappa shape index (κ2) is 8.20. The van der Waals surface area contributed by atoms with Crippen LogP contribution in [0.15, 0.2) is 69.0 Å². The van der Waals surface area contributed by atoms with E-state index in [2.05, 4.69) is 4.98 Å². The summed E-state index contributed by atoms with van der Waals surface area (Å²) in [6.45, 7) is -0.250. The summed E-state index contributed by atoms with van der Waals surface area (Å²) in [6.07, 6.45) is 4.88. The first kappa shape index (κ1) is 21.5. The normalized spacial score (nSPS) is 14.8. The average Bonchev–Trinajstić information content (AvgIpc) is 3.19. The van der Waals surface area contributed by atoms with Crippen LogP contribution in [-0.4, -0.2) is 21.7 Å². The van der Waals surface area contributed by atoms with E-state index in [9.17, 15) is 9.59 Å². The molecule has 1 saturated carbocycles. The van der Waals surface area contributed by atoms with E-state index in [1.807, 2.05) is 54.6 Å². The molecule has 0 unspecified atom stereocenters. The fourth-order valence-corrected chi connectivity index (χ4v) is 4.94. The van der Waals surface area contributed by atoms with Gasteiger partial charge in [0.05, 0.1) is 0 Å². The van der Waals surface area contributed by atoms with Gasteiger partial charge in [0.25, 0.3) is 5.56 Å². The topological polar surface area (TPSA) is 117 Å². The third-order valence-corrected chi connectivity index (χ3v) is 6.98. The van der Waals surface area contributed by atoms with Gasteiger partial charge in [0.15, 0.2) is 5.16 Å². The lowest BCUT2D eigenvalue weighted by atomic mass is 9.72. The molecule has 168 valence electrons. The van der Waals surface area contributed by atoms with E-state index in [0.29, 0.717) is 21.9 Å².